The fourth-order valence-electron chi connectivity index (χ4n) is 4.77. The molecule has 8 nitrogen and oxygen atoms in total. The highest BCUT2D eigenvalue weighted by atomic mass is 32.1. The van der Waals surface area contributed by atoms with Crippen molar-refractivity contribution in [3.8, 4) is 0 Å². The minimum absolute atomic E-state index is 0. The van der Waals surface area contributed by atoms with Crippen molar-refractivity contribution in [1.29, 1.82) is 0 Å². The molecule has 0 spiro atoms. The summed E-state index contributed by atoms with van der Waals surface area (Å²) in [5.41, 5.74) is 6.85. The third-order valence-corrected chi connectivity index (χ3v) is 8.45. The number of anilines is 2. The van der Waals surface area contributed by atoms with E-state index in [2.05, 4.69) is 80.5 Å². The first kappa shape index (κ1) is 31.0. The summed E-state index contributed by atoms with van der Waals surface area (Å²) in [7, 11) is 3.97. The molecule has 1 fully saturated rings. The Morgan fingerprint density at radius 3 is 1.35 bits per heavy atom. The predicted octanol–water partition coefficient (Wildman–Crippen LogP) is 7.91. The molecule has 2 aromatic heterocycles. The smallest absolute Gasteiger partial charge is 0.371 e. The predicted molar refractivity (Wildman–Crippen MR) is 168 cm³/mol. The van der Waals surface area contributed by atoms with E-state index in [9.17, 15) is 0 Å². The molecular formula is C30H40N8S2. The molecule has 0 amide bonds. The molecule has 10 heteroatoms. The van der Waals surface area contributed by atoms with Gasteiger partial charge in [-0.2, -0.15) is 0 Å². The van der Waals surface area contributed by atoms with Crippen LogP contribution in [0.1, 0.15) is 24.0 Å². The maximum Gasteiger partial charge on any atom is 0.408 e. The van der Waals surface area contributed by atoms with Crippen LogP contribution in [0.5, 0.6) is 0 Å². The molecule has 0 aliphatic carbocycles. The van der Waals surface area contributed by atoms with Gasteiger partial charge in [0.1, 0.15) is 23.8 Å². The van der Waals surface area contributed by atoms with Crippen LogP contribution < -0.4 is 18.9 Å². The van der Waals surface area contributed by atoms with Gasteiger partial charge in [0.15, 0.2) is 0 Å². The topological polar surface area (TPSA) is 63.7 Å². The first-order valence-electron chi connectivity index (χ1n) is 12.9. The summed E-state index contributed by atoms with van der Waals surface area (Å²) in [6.07, 6.45) is 6.19. The van der Waals surface area contributed by atoms with Crippen LogP contribution in [0.3, 0.4) is 0 Å². The standard InChI is InChI=1S/C28H34N8S2.2CH3/c1-21-19-23(29-31-27-33(3)15-17-37-27)7-9-25(21)35-11-5-13-36(14-6-12-35)26-10-8-24(20-22(26)2)30-32-28-34(4)16-18-38-28;;/h7-10,15-20H,5-6,11-14H2,1-4H3;2*1H3/q+2;2*-1. The van der Waals surface area contributed by atoms with Crippen molar-refractivity contribution in [3.63, 3.8) is 0 Å². The highest BCUT2D eigenvalue weighted by molar-refractivity contribution is 7.13. The zero-order valence-corrected chi connectivity index (χ0v) is 26.0. The summed E-state index contributed by atoms with van der Waals surface area (Å²) in [6, 6.07) is 12.8. The zero-order chi connectivity index (χ0) is 26.5. The summed E-state index contributed by atoms with van der Waals surface area (Å²) >= 11 is 3.17. The number of benzene rings is 2. The van der Waals surface area contributed by atoms with Crippen molar-refractivity contribution < 1.29 is 9.13 Å². The van der Waals surface area contributed by atoms with Gasteiger partial charge in [-0.15, -0.1) is 0 Å². The summed E-state index contributed by atoms with van der Waals surface area (Å²) < 4.78 is 3.96. The number of aryl methyl sites for hydroxylation is 4. The van der Waals surface area contributed by atoms with Gasteiger partial charge in [0.05, 0.1) is 24.3 Å². The summed E-state index contributed by atoms with van der Waals surface area (Å²) in [6.45, 7) is 8.48. The van der Waals surface area contributed by atoms with E-state index in [0.29, 0.717) is 0 Å². The Morgan fingerprint density at radius 2 is 1.02 bits per heavy atom. The highest BCUT2D eigenvalue weighted by Crippen LogP contribution is 2.30. The quantitative estimate of drug-likeness (QED) is 0.133. The molecule has 0 radical (unpaired) electrons. The lowest BCUT2D eigenvalue weighted by Gasteiger charge is -2.34. The maximum atomic E-state index is 4.45. The van der Waals surface area contributed by atoms with Crippen molar-refractivity contribution in [2.24, 2.45) is 34.6 Å². The van der Waals surface area contributed by atoms with Gasteiger partial charge in [-0.05, 0) is 107 Å². The molecule has 4 aromatic rings. The van der Waals surface area contributed by atoms with Crippen molar-refractivity contribution in [3.05, 3.63) is 85.5 Å². The minimum Gasteiger partial charge on any atom is -0.371 e. The van der Waals surface area contributed by atoms with Crippen LogP contribution >= 0.6 is 22.7 Å². The number of rotatable bonds is 6. The van der Waals surface area contributed by atoms with Crippen LogP contribution in [0.25, 0.3) is 0 Å². The van der Waals surface area contributed by atoms with Crippen LogP contribution in [0.4, 0.5) is 33.0 Å². The van der Waals surface area contributed by atoms with E-state index < -0.39 is 0 Å². The lowest BCUT2D eigenvalue weighted by atomic mass is 10.1. The Balaban J connectivity index is 0.00000220. The number of nitrogens with zero attached hydrogens (tertiary/aromatic N) is 8. The van der Waals surface area contributed by atoms with E-state index in [-0.39, 0.29) is 14.9 Å². The molecule has 5 rings (SSSR count). The highest BCUT2D eigenvalue weighted by Gasteiger charge is 2.17. The number of hydrogen-bond donors (Lipinski definition) is 0. The molecule has 3 heterocycles. The van der Waals surface area contributed by atoms with Crippen LogP contribution in [-0.4, -0.2) is 26.2 Å². The molecule has 1 aliphatic rings. The molecule has 0 saturated carbocycles. The Kier molecular flexibility index (Phi) is 11.0. The lowest BCUT2D eigenvalue weighted by molar-refractivity contribution is -0.654. The molecule has 1 saturated heterocycles. The molecule has 2 aromatic carbocycles. The van der Waals surface area contributed by atoms with Gasteiger partial charge in [-0.1, -0.05) is 0 Å². The van der Waals surface area contributed by atoms with Gasteiger partial charge < -0.3 is 24.7 Å². The molecule has 0 N–H and O–H groups in total. The maximum absolute atomic E-state index is 4.45. The normalized spacial score (nSPS) is 14.2. The number of azo groups is 2. The monoisotopic (exact) mass is 576 g/mol. The van der Waals surface area contributed by atoms with Gasteiger partial charge >= 0.3 is 10.3 Å². The van der Waals surface area contributed by atoms with Crippen LogP contribution in [0.15, 0.2) is 80.0 Å². The second-order valence-corrected chi connectivity index (χ2v) is 11.4. The van der Waals surface area contributed by atoms with Gasteiger partial charge in [0.25, 0.3) is 0 Å². The Labute approximate surface area is 247 Å². The lowest BCUT2D eigenvalue weighted by Crippen LogP contribution is -2.37. The number of hydrogen-bond acceptors (Lipinski definition) is 8. The van der Waals surface area contributed by atoms with Crippen LogP contribution in [0, 0.1) is 28.7 Å². The first-order chi connectivity index (χ1) is 18.5. The van der Waals surface area contributed by atoms with E-state index in [1.807, 2.05) is 46.4 Å². The minimum atomic E-state index is 0. The fraction of sp³-hybridized carbons (Fsp3) is 0.333. The second kappa shape index (κ2) is 14.2. The fourth-order valence-corrected chi connectivity index (χ4v) is 6.13. The van der Waals surface area contributed by atoms with E-state index in [1.54, 1.807) is 22.7 Å². The van der Waals surface area contributed by atoms with E-state index in [0.717, 1.165) is 60.7 Å². The molecule has 0 atom stereocenters. The molecule has 40 heavy (non-hydrogen) atoms. The molecule has 1 aliphatic heterocycles. The average molecular weight is 577 g/mol. The van der Waals surface area contributed by atoms with Gasteiger partial charge in [0, 0.05) is 48.3 Å². The van der Waals surface area contributed by atoms with E-state index in [4.69, 9.17) is 0 Å². The first-order valence-corrected chi connectivity index (χ1v) is 14.6. The van der Waals surface area contributed by atoms with Crippen LogP contribution in [-0.2, 0) is 14.1 Å². The number of thiazole rings is 2. The van der Waals surface area contributed by atoms with Gasteiger partial charge in [-0.25, -0.2) is 9.13 Å². The van der Waals surface area contributed by atoms with Gasteiger partial charge in [-0.3, -0.25) is 0 Å². The van der Waals surface area contributed by atoms with Crippen molar-refractivity contribution in [1.82, 2.24) is 0 Å². The largest absolute Gasteiger partial charge is 0.408 e. The summed E-state index contributed by atoms with van der Waals surface area (Å²) in [5.74, 6) is 0. The Morgan fingerprint density at radius 1 is 0.625 bits per heavy atom. The van der Waals surface area contributed by atoms with E-state index >= 15 is 0 Å². The van der Waals surface area contributed by atoms with Crippen molar-refractivity contribution >= 4 is 55.7 Å². The summed E-state index contributed by atoms with van der Waals surface area (Å²) in [4.78, 5) is 5.04. The second-order valence-electron chi connectivity index (χ2n) is 9.62. The van der Waals surface area contributed by atoms with Crippen molar-refractivity contribution in [2.45, 2.75) is 26.7 Å². The molecule has 0 unspecified atom stereocenters. The Hall–Kier alpha value is -3.50. The summed E-state index contributed by atoms with van der Waals surface area (Å²) in [5, 5.41) is 23.5. The van der Waals surface area contributed by atoms with Gasteiger partial charge in [0.2, 0.25) is 0 Å². The molecule has 0 bridgehead atoms. The zero-order valence-electron chi connectivity index (χ0n) is 24.4. The third-order valence-electron chi connectivity index (χ3n) is 6.78. The molecule has 212 valence electrons. The SMILES string of the molecule is Cc1cc(N=Nc2scc[n+]2C)ccc1N1CCCN(c2ccc(N=Nc3scc[n+]3C)cc2C)CCC1.[CH3-].[CH3-]. The molecular weight excluding hydrogens is 537 g/mol. The van der Waals surface area contributed by atoms with E-state index in [1.165, 1.54) is 22.5 Å². The van der Waals surface area contributed by atoms with Crippen molar-refractivity contribution in [2.75, 3.05) is 36.0 Å². The Bertz CT molecular complexity index is 1340. The third kappa shape index (κ3) is 7.37. The average Bonchev–Trinajstić information content (AvgIpc) is 3.49. The number of aromatic nitrogens is 2. The van der Waals surface area contributed by atoms with Crippen LogP contribution in [0.2, 0.25) is 0 Å².